The predicted octanol–water partition coefficient (Wildman–Crippen LogP) is 4.40. The number of rotatable bonds is 4. The van der Waals surface area contributed by atoms with Gasteiger partial charge in [0.25, 0.3) is 0 Å². The van der Waals surface area contributed by atoms with Crippen molar-refractivity contribution in [2.24, 2.45) is 0 Å². The number of aryl methyl sites for hydroxylation is 2. The van der Waals surface area contributed by atoms with Crippen LogP contribution in [0, 0.1) is 17.4 Å². The lowest BCUT2D eigenvalue weighted by Gasteiger charge is -2.27. The highest BCUT2D eigenvalue weighted by atomic mass is 127. The standard InChI is InChI=1S/C19H19IN4OS/c1-11-15(16(20)12(2)22-11)18-17(14-7-3-4-8-21-14)23-19(26)24(18)10-13-6-5-9-25-13/h3-9,17-18,22H,10H2,1-2H3,(H,23,26)/t17-,18+/m0/s1. The fraction of sp³-hybridized carbons (Fsp3) is 0.263. The summed E-state index contributed by atoms with van der Waals surface area (Å²) in [6.07, 6.45) is 3.52. The highest BCUT2D eigenvalue weighted by Crippen LogP contribution is 2.43. The molecule has 134 valence electrons. The normalized spacial score (nSPS) is 19.8. The highest BCUT2D eigenvalue weighted by Gasteiger charge is 2.42. The number of pyridine rings is 1. The van der Waals surface area contributed by atoms with Crippen molar-refractivity contribution in [2.75, 3.05) is 0 Å². The average Bonchev–Trinajstić information content (AvgIpc) is 3.31. The molecule has 2 atom stereocenters. The van der Waals surface area contributed by atoms with Gasteiger partial charge in [-0.1, -0.05) is 6.07 Å². The molecule has 0 radical (unpaired) electrons. The molecule has 4 heterocycles. The highest BCUT2D eigenvalue weighted by molar-refractivity contribution is 14.1. The maximum absolute atomic E-state index is 5.69. The molecule has 7 heteroatoms. The van der Waals surface area contributed by atoms with E-state index in [2.05, 4.69) is 56.6 Å². The van der Waals surface area contributed by atoms with E-state index in [0.717, 1.165) is 22.3 Å². The number of nitrogens with zero attached hydrogens (tertiary/aromatic N) is 2. The lowest BCUT2D eigenvalue weighted by molar-refractivity contribution is 0.286. The molecule has 0 spiro atoms. The Hall–Kier alpha value is -1.87. The van der Waals surface area contributed by atoms with Crippen LogP contribution in [0.3, 0.4) is 0 Å². The molecule has 0 aromatic carbocycles. The van der Waals surface area contributed by atoms with Gasteiger partial charge in [-0.3, -0.25) is 4.98 Å². The van der Waals surface area contributed by atoms with E-state index in [1.165, 1.54) is 14.8 Å². The maximum Gasteiger partial charge on any atom is 0.170 e. The minimum absolute atomic E-state index is 0.0129. The molecule has 0 bridgehead atoms. The van der Waals surface area contributed by atoms with Crippen molar-refractivity contribution < 1.29 is 4.42 Å². The summed E-state index contributed by atoms with van der Waals surface area (Å²) in [6.45, 7) is 4.84. The van der Waals surface area contributed by atoms with Gasteiger partial charge in [0, 0.05) is 26.7 Å². The zero-order chi connectivity index (χ0) is 18.3. The number of hydrogen-bond donors (Lipinski definition) is 2. The topological polar surface area (TPSA) is 57.1 Å². The van der Waals surface area contributed by atoms with E-state index in [0.29, 0.717) is 6.54 Å². The third-order valence-corrected chi connectivity index (χ3v) is 6.49. The van der Waals surface area contributed by atoms with Gasteiger partial charge in [0.2, 0.25) is 0 Å². The number of aromatic amines is 1. The second kappa shape index (κ2) is 7.03. The molecule has 1 fully saturated rings. The van der Waals surface area contributed by atoms with Crippen molar-refractivity contribution in [3.8, 4) is 0 Å². The number of aromatic nitrogens is 2. The van der Waals surface area contributed by atoms with Gasteiger partial charge >= 0.3 is 0 Å². The van der Waals surface area contributed by atoms with E-state index in [9.17, 15) is 0 Å². The Morgan fingerprint density at radius 2 is 2.08 bits per heavy atom. The molecule has 0 amide bonds. The van der Waals surface area contributed by atoms with Crippen LogP contribution in [0.25, 0.3) is 0 Å². The average molecular weight is 478 g/mol. The van der Waals surface area contributed by atoms with E-state index in [1.807, 2.05) is 36.5 Å². The number of hydrogen-bond acceptors (Lipinski definition) is 3. The van der Waals surface area contributed by atoms with Crippen molar-refractivity contribution in [3.63, 3.8) is 0 Å². The van der Waals surface area contributed by atoms with Gasteiger partial charge in [0.05, 0.1) is 30.6 Å². The first-order valence-electron chi connectivity index (χ1n) is 8.41. The van der Waals surface area contributed by atoms with E-state index in [-0.39, 0.29) is 12.1 Å². The molecule has 1 aliphatic rings. The molecule has 2 N–H and O–H groups in total. The smallest absolute Gasteiger partial charge is 0.170 e. The lowest BCUT2D eigenvalue weighted by atomic mass is 9.96. The zero-order valence-corrected chi connectivity index (χ0v) is 17.5. The minimum Gasteiger partial charge on any atom is -0.467 e. The molecule has 1 saturated heterocycles. The summed E-state index contributed by atoms with van der Waals surface area (Å²) < 4.78 is 6.82. The van der Waals surface area contributed by atoms with Crippen LogP contribution in [0.4, 0.5) is 0 Å². The summed E-state index contributed by atoms with van der Waals surface area (Å²) in [4.78, 5) is 10.3. The van der Waals surface area contributed by atoms with Gasteiger partial charge in [-0.25, -0.2) is 0 Å². The van der Waals surface area contributed by atoms with Gasteiger partial charge in [0.15, 0.2) is 5.11 Å². The van der Waals surface area contributed by atoms with Crippen molar-refractivity contribution >= 4 is 39.9 Å². The van der Waals surface area contributed by atoms with Crippen LogP contribution in [0.1, 0.15) is 40.5 Å². The second-order valence-electron chi connectivity index (χ2n) is 6.44. The molecule has 5 nitrogen and oxygen atoms in total. The first kappa shape index (κ1) is 17.5. The summed E-state index contributed by atoms with van der Waals surface area (Å²) in [5.41, 5.74) is 4.58. The molecule has 3 aromatic rings. The van der Waals surface area contributed by atoms with Crippen molar-refractivity contribution in [1.29, 1.82) is 0 Å². The summed E-state index contributed by atoms with van der Waals surface area (Å²) in [5.74, 6) is 0.890. The lowest BCUT2D eigenvalue weighted by Crippen LogP contribution is -2.29. The number of thiocarbonyl (C=S) groups is 1. The molecule has 0 aliphatic carbocycles. The summed E-state index contributed by atoms with van der Waals surface area (Å²) in [6, 6.07) is 9.91. The largest absolute Gasteiger partial charge is 0.467 e. The third-order valence-electron chi connectivity index (χ3n) is 4.74. The second-order valence-corrected chi connectivity index (χ2v) is 7.90. The van der Waals surface area contributed by atoms with E-state index >= 15 is 0 Å². The van der Waals surface area contributed by atoms with Gasteiger partial charge in [-0.05, 0) is 72.9 Å². The summed E-state index contributed by atoms with van der Waals surface area (Å²) >= 11 is 8.11. The van der Waals surface area contributed by atoms with Gasteiger partial charge in [-0.15, -0.1) is 0 Å². The number of nitrogens with one attached hydrogen (secondary N) is 2. The van der Waals surface area contributed by atoms with E-state index in [1.54, 1.807) is 6.26 Å². The Kier molecular flexibility index (Phi) is 4.74. The Labute approximate surface area is 171 Å². The fourth-order valence-corrected chi connectivity index (χ4v) is 4.75. The van der Waals surface area contributed by atoms with Crippen LogP contribution in [0.15, 0.2) is 47.2 Å². The molecule has 1 aliphatic heterocycles. The zero-order valence-electron chi connectivity index (χ0n) is 14.5. The van der Waals surface area contributed by atoms with E-state index < -0.39 is 0 Å². The van der Waals surface area contributed by atoms with Crippen molar-refractivity contribution in [2.45, 2.75) is 32.5 Å². The van der Waals surface area contributed by atoms with Crippen LogP contribution in [0.2, 0.25) is 0 Å². The molecular formula is C19H19IN4OS. The maximum atomic E-state index is 5.69. The Morgan fingerprint density at radius 1 is 1.23 bits per heavy atom. The summed E-state index contributed by atoms with van der Waals surface area (Å²) in [5, 5.41) is 4.20. The third kappa shape index (κ3) is 3.03. The first-order valence-corrected chi connectivity index (χ1v) is 9.90. The molecule has 0 unspecified atom stereocenters. The molecule has 26 heavy (non-hydrogen) atoms. The number of halogens is 1. The Bertz CT molecular complexity index is 923. The van der Waals surface area contributed by atoms with Crippen LogP contribution >= 0.6 is 34.8 Å². The first-order chi connectivity index (χ1) is 12.6. The fourth-order valence-electron chi connectivity index (χ4n) is 3.58. The molecule has 0 saturated carbocycles. The quantitative estimate of drug-likeness (QED) is 0.430. The van der Waals surface area contributed by atoms with Crippen LogP contribution in [0.5, 0.6) is 0 Å². The Morgan fingerprint density at radius 3 is 2.69 bits per heavy atom. The van der Waals surface area contributed by atoms with E-state index in [4.69, 9.17) is 16.6 Å². The Balaban J connectivity index is 1.81. The van der Waals surface area contributed by atoms with Crippen LogP contribution in [-0.2, 0) is 6.54 Å². The van der Waals surface area contributed by atoms with Crippen molar-refractivity contribution in [3.05, 3.63) is 74.8 Å². The van der Waals surface area contributed by atoms with Crippen molar-refractivity contribution in [1.82, 2.24) is 20.2 Å². The van der Waals surface area contributed by atoms with Crippen LogP contribution in [-0.4, -0.2) is 20.0 Å². The minimum atomic E-state index is -0.0129. The molecular weight excluding hydrogens is 459 g/mol. The number of furan rings is 1. The SMILES string of the molecule is Cc1[nH]c(C)c([C@@H]2[C@H](c3ccccn3)NC(=S)N2Cc2ccco2)c1I. The predicted molar refractivity (Wildman–Crippen MR) is 113 cm³/mol. The van der Waals surface area contributed by atoms with Gasteiger partial charge < -0.3 is 19.6 Å². The number of H-pyrrole nitrogens is 1. The van der Waals surface area contributed by atoms with Gasteiger partial charge in [-0.2, -0.15) is 0 Å². The molecule has 4 rings (SSSR count). The van der Waals surface area contributed by atoms with Gasteiger partial charge in [0.1, 0.15) is 5.76 Å². The summed E-state index contributed by atoms with van der Waals surface area (Å²) in [7, 11) is 0. The molecule has 3 aromatic heterocycles. The van der Waals surface area contributed by atoms with Crippen LogP contribution < -0.4 is 5.32 Å². The monoisotopic (exact) mass is 478 g/mol.